The first kappa shape index (κ1) is 13.1. The molecule has 0 bridgehead atoms. The second-order valence-corrected chi connectivity index (χ2v) is 3.96. The summed E-state index contributed by atoms with van der Waals surface area (Å²) < 4.78 is 9.99. The van der Waals surface area contributed by atoms with E-state index >= 15 is 0 Å². The first-order chi connectivity index (χ1) is 9.34. The molecular formula is C13H15N3O3. The molecule has 0 fully saturated rings. The maximum absolute atomic E-state index is 11.5. The van der Waals surface area contributed by atoms with E-state index in [4.69, 9.17) is 9.26 Å². The van der Waals surface area contributed by atoms with Crippen LogP contribution in [0.3, 0.4) is 0 Å². The molecule has 2 rings (SSSR count). The van der Waals surface area contributed by atoms with E-state index in [0.717, 1.165) is 18.4 Å². The van der Waals surface area contributed by atoms with Crippen molar-refractivity contribution in [3.63, 3.8) is 0 Å². The van der Waals surface area contributed by atoms with Crippen LogP contribution < -0.4 is 10.1 Å². The minimum atomic E-state index is -0.144. The minimum absolute atomic E-state index is 0.00103. The second-order valence-electron chi connectivity index (χ2n) is 3.96. The highest BCUT2D eigenvalue weighted by atomic mass is 16.5. The fourth-order valence-electron chi connectivity index (χ4n) is 1.50. The first-order valence-electron chi connectivity index (χ1n) is 6.02. The molecule has 1 amide bonds. The number of ether oxygens (including phenoxy) is 1. The molecular weight excluding hydrogens is 246 g/mol. The lowest BCUT2D eigenvalue weighted by atomic mass is 10.2. The first-order valence-corrected chi connectivity index (χ1v) is 6.02. The summed E-state index contributed by atoms with van der Waals surface area (Å²) in [4.78, 5) is 15.4. The van der Waals surface area contributed by atoms with Gasteiger partial charge in [-0.25, -0.2) is 0 Å². The van der Waals surface area contributed by atoms with Gasteiger partial charge in [-0.1, -0.05) is 5.16 Å². The van der Waals surface area contributed by atoms with Crippen LogP contribution in [0, 0.1) is 0 Å². The van der Waals surface area contributed by atoms with Gasteiger partial charge < -0.3 is 14.6 Å². The molecule has 19 heavy (non-hydrogen) atoms. The fourth-order valence-corrected chi connectivity index (χ4v) is 1.50. The molecule has 2 aromatic rings. The Labute approximate surface area is 110 Å². The Morgan fingerprint density at radius 2 is 2.37 bits per heavy atom. The van der Waals surface area contributed by atoms with E-state index in [0.29, 0.717) is 12.3 Å². The highest BCUT2D eigenvalue weighted by Crippen LogP contribution is 2.05. The van der Waals surface area contributed by atoms with E-state index in [1.165, 1.54) is 0 Å². The molecule has 0 radical (unpaired) electrons. The monoisotopic (exact) mass is 261 g/mol. The van der Waals surface area contributed by atoms with Gasteiger partial charge in [0, 0.05) is 18.3 Å². The summed E-state index contributed by atoms with van der Waals surface area (Å²) in [7, 11) is 0. The number of nitrogens with one attached hydrogen (secondary N) is 1. The summed E-state index contributed by atoms with van der Waals surface area (Å²) in [6.07, 6.45) is 8.16. The Kier molecular flexibility index (Phi) is 4.92. The summed E-state index contributed by atoms with van der Waals surface area (Å²) >= 11 is 0. The lowest BCUT2D eigenvalue weighted by molar-refractivity contribution is -0.123. The number of pyridine rings is 1. The molecule has 0 saturated carbocycles. The van der Waals surface area contributed by atoms with E-state index in [-0.39, 0.29) is 12.5 Å². The molecule has 0 aromatic carbocycles. The average molecular weight is 261 g/mol. The van der Waals surface area contributed by atoms with Crippen molar-refractivity contribution < 1.29 is 14.1 Å². The van der Waals surface area contributed by atoms with Crippen molar-refractivity contribution in [2.75, 3.05) is 13.2 Å². The van der Waals surface area contributed by atoms with Crippen LogP contribution in [-0.2, 0) is 11.2 Å². The minimum Gasteiger partial charge on any atom is -0.482 e. The van der Waals surface area contributed by atoms with Crippen molar-refractivity contribution in [1.82, 2.24) is 15.5 Å². The number of rotatable bonds is 7. The van der Waals surface area contributed by atoms with E-state index in [9.17, 15) is 4.79 Å². The summed E-state index contributed by atoms with van der Waals surface area (Å²) in [6, 6.07) is 3.51. The summed E-state index contributed by atoms with van der Waals surface area (Å²) in [6.45, 7) is 0.597. The lowest BCUT2D eigenvalue weighted by Crippen LogP contribution is -2.29. The van der Waals surface area contributed by atoms with Gasteiger partial charge in [0.25, 0.3) is 5.91 Å². The number of carbonyl (C=O) groups is 1. The molecule has 2 heterocycles. The zero-order valence-electron chi connectivity index (χ0n) is 10.4. The summed E-state index contributed by atoms with van der Waals surface area (Å²) in [5.74, 6) is 0.441. The van der Waals surface area contributed by atoms with Crippen molar-refractivity contribution in [2.45, 2.75) is 12.8 Å². The topological polar surface area (TPSA) is 77.2 Å². The van der Waals surface area contributed by atoms with Gasteiger partial charge in [0.1, 0.15) is 12.0 Å². The largest absolute Gasteiger partial charge is 0.482 e. The number of hydrogen-bond donors (Lipinski definition) is 1. The molecule has 6 heteroatoms. The Balaban J connectivity index is 1.57. The number of hydrogen-bond acceptors (Lipinski definition) is 5. The molecule has 6 nitrogen and oxygen atoms in total. The number of aromatic nitrogens is 2. The van der Waals surface area contributed by atoms with Gasteiger partial charge >= 0.3 is 0 Å². The Morgan fingerprint density at radius 1 is 1.42 bits per heavy atom. The number of nitrogens with zero attached hydrogens (tertiary/aromatic N) is 2. The zero-order chi connectivity index (χ0) is 13.3. The van der Waals surface area contributed by atoms with Crippen LogP contribution in [0.5, 0.6) is 5.75 Å². The average Bonchev–Trinajstić information content (AvgIpc) is 2.96. The molecule has 0 spiro atoms. The molecule has 0 aliphatic heterocycles. The van der Waals surface area contributed by atoms with E-state index < -0.39 is 0 Å². The maximum atomic E-state index is 11.5. The van der Waals surface area contributed by atoms with Gasteiger partial charge in [-0.2, -0.15) is 0 Å². The van der Waals surface area contributed by atoms with Gasteiger partial charge in [0.05, 0.1) is 12.4 Å². The van der Waals surface area contributed by atoms with E-state index in [2.05, 4.69) is 15.5 Å². The SMILES string of the molecule is O=C(COc1cccnc1)NCCCc1cnoc1. The Bertz CT molecular complexity index is 485. The standard InChI is InChI=1S/C13H15N3O3/c17-13(10-18-12-4-2-5-14-8-12)15-6-1-3-11-7-16-19-9-11/h2,4-5,7-9H,1,3,6,10H2,(H,15,17). The zero-order valence-corrected chi connectivity index (χ0v) is 10.4. The molecule has 0 atom stereocenters. The van der Waals surface area contributed by atoms with Crippen LogP contribution in [0.4, 0.5) is 0 Å². The maximum Gasteiger partial charge on any atom is 0.257 e. The van der Waals surface area contributed by atoms with Crippen LogP contribution >= 0.6 is 0 Å². The van der Waals surface area contributed by atoms with Crippen LogP contribution in [0.15, 0.2) is 41.5 Å². The molecule has 0 saturated heterocycles. The van der Waals surface area contributed by atoms with E-state index in [1.54, 1.807) is 37.0 Å². The molecule has 1 N–H and O–H groups in total. The van der Waals surface area contributed by atoms with Crippen LogP contribution in [0.2, 0.25) is 0 Å². The predicted molar refractivity (Wildman–Crippen MR) is 67.6 cm³/mol. The molecule has 0 unspecified atom stereocenters. The van der Waals surface area contributed by atoms with Gasteiger partial charge in [0.2, 0.25) is 0 Å². The third kappa shape index (κ3) is 4.79. The van der Waals surface area contributed by atoms with Crippen LogP contribution in [0.25, 0.3) is 0 Å². The van der Waals surface area contributed by atoms with Gasteiger partial charge in [-0.3, -0.25) is 9.78 Å². The van der Waals surface area contributed by atoms with Crippen molar-refractivity contribution in [3.05, 3.63) is 42.5 Å². The van der Waals surface area contributed by atoms with Crippen molar-refractivity contribution in [3.8, 4) is 5.75 Å². The smallest absolute Gasteiger partial charge is 0.257 e. The molecule has 0 aliphatic carbocycles. The third-order valence-electron chi connectivity index (χ3n) is 2.45. The normalized spacial score (nSPS) is 10.1. The van der Waals surface area contributed by atoms with Gasteiger partial charge in [-0.15, -0.1) is 0 Å². The second kappa shape index (κ2) is 7.15. The fraction of sp³-hybridized carbons (Fsp3) is 0.308. The van der Waals surface area contributed by atoms with Crippen molar-refractivity contribution >= 4 is 5.91 Å². The highest BCUT2D eigenvalue weighted by Gasteiger charge is 2.02. The Morgan fingerprint density at radius 3 is 3.11 bits per heavy atom. The van der Waals surface area contributed by atoms with Crippen LogP contribution in [-0.4, -0.2) is 29.2 Å². The molecule has 0 aliphatic rings. The van der Waals surface area contributed by atoms with Gasteiger partial charge in [-0.05, 0) is 25.0 Å². The number of carbonyl (C=O) groups excluding carboxylic acids is 1. The quantitative estimate of drug-likeness (QED) is 0.758. The molecule has 100 valence electrons. The predicted octanol–water partition coefficient (Wildman–Crippen LogP) is 1.20. The van der Waals surface area contributed by atoms with Crippen molar-refractivity contribution in [1.29, 1.82) is 0 Å². The third-order valence-corrected chi connectivity index (χ3v) is 2.45. The van der Waals surface area contributed by atoms with E-state index in [1.807, 2.05) is 0 Å². The lowest BCUT2D eigenvalue weighted by Gasteiger charge is -2.06. The Hall–Kier alpha value is -2.37. The number of amides is 1. The van der Waals surface area contributed by atoms with Gasteiger partial charge in [0.15, 0.2) is 6.61 Å². The molecule has 2 aromatic heterocycles. The number of aryl methyl sites for hydroxylation is 1. The van der Waals surface area contributed by atoms with Crippen molar-refractivity contribution in [2.24, 2.45) is 0 Å². The summed E-state index contributed by atoms with van der Waals surface area (Å²) in [5.41, 5.74) is 1.03. The summed E-state index contributed by atoms with van der Waals surface area (Å²) in [5, 5.41) is 6.39. The van der Waals surface area contributed by atoms with Crippen LogP contribution in [0.1, 0.15) is 12.0 Å². The highest BCUT2D eigenvalue weighted by molar-refractivity contribution is 5.77.